The van der Waals surface area contributed by atoms with E-state index in [0.29, 0.717) is 19.3 Å². The summed E-state index contributed by atoms with van der Waals surface area (Å²) in [6.45, 7) is 5.99. The lowest BCUT2D eigenvalue weighted by molar-refractivity contribution is -0.301. The van der Waals surface area contributed by atoms with Gasteiger partial charge in [-0.15, -0.1) is 0 Å². The van der Waals surface area contributed by atoms with E-state index in [1.165, 1.54) is 193 Å². The van der Waals surface area contributed by atoms with Gasteiger partial charge in [0.25, 0.3) is 0 Å². The van der Waals surface area contributed by atoms with E-state index in [9.17, 15) is 34.5 Å². The molecule has 0 radical (unpaired) electrons. The van der Waals surface area contributed by atoms with E-state index in [0.717, 1.165) is 89.9 Å². The number of carbonyl (C=O) groups is 4. The maximum atomic E-state index is 13.2. The van der Waals surface area contributed by atoms with Gasteiger partial charge in [-0.1, -0.05) is 302 Å². The lowest BCUT2D eigenvalue weighted by atomic mass is 9.98. The summed E-state index contributed by atoms with van der Waals surface area (Å²) < 4.78 is 28.6. The molecule has 12 nitrogen and oxygen atoms in total. The first kappa shape index (κ1) is 76.2. The maximum absolute atomic E-state index is 13.2. The predicted octanol–water partition coefficient (Wildman–Crippen LogP) is 18.6. The van der Waals surface area contributed by atoms with Crippen molar-refractivity contribution in [1.82, 2.24) is 0 Å². The minimum atomic E-state index is -1.90. The summed E-state index contributed by atoms with van der Waals surface area (Å²) in [6.07, 6.45) is 55.7. The Kier molecular flexibility index (Phi) is 54.2. The molecule has 1 heterocycles. The molecule has 0 aromatic rings. The number of carboxylic acid groups (broad SMARTS) is 1. The van der Waals surface area contributed by atoms with E-state index in [4.69, 9.17) is 23.7 Å². The van der Waals surface area contributed by atoms with Crippen molar-refractivity contribution in [3.63, 3.8) is 0 Å². The van der Waals surface area contributed by atoms with E-state index >= 15 is 0 Å². The molecule has 0 saturated carbocycles. The van der Waals surface area contributed by atoms with Crippen LogP contribution in [0.2, 0.25) is 0 Å². The van der Waals surface area contributed by atoms with Crippen LogP contribution in [-0.4, -0.2) is 89.2 Å². The molecule has 1 saturated heterocycles. The van der Waals surface area contributed by atoms with Crippen LogP contribution in [0.4, 0.5) is 0 Å². The van der Waals surface area contributed by atoms with E-state index in [2.05, 4.69) is 45.1 Å². The van der Waals surface area contributed by atoms with Gasteiger partial charge in [0, 0.05) is 19.3 Å². The Balaban J connectivity index is 2.59. The van der Waals surface area contributed by atoms with E-state index in [1.807, 2.05) is 0 Å². The first-order chi connectivity index (χ1) is 39.6. The topological polar surface area (TPSA) is 175 Å². The van der Waals surface area contributed by atoms with Gasteiger partial charge in [0.05, 0.1) is 6.61 Å². The number of esters is 3. The van der Waals surface area contributed by atoms with Crippen molar-refractivity contribution in [1.29, 1.82) is 0 Å². The van der Waals surface area contributed by atoms with Crippen LogP contribution in [0.5, 0.6) is 0 Å². The molecular formula is C69H126O12. The molecule has 6 atom stereocenters. The van der Waals surface area contributed by atoms with Crippen molar-refractivity contribution in [2.24, 2.45) is 0 Å². The van der Waals surface area contributed by atoms with Crippen molar-refractivity contribution in [3.8, 4) is 0 Å². The average Bonchev–Trinajstić information content (AvgIpc) is 3.54. The number of aliphatic hydroxyl groups is 2. The number of ether oxygens (including phenoxy) is 5. The molecule has 0 aromatic heterocycles. The summed E-state index contributed by atoms with van der Waals surface area (Å²) in [6, 6.07) is 0. The van der Waals surface area contributed by atoms with Crippen LogP contribution in [0.25, 0.3) is 0 Å². The Labute approximate surface area is 496 Å². The van der Waals surface area contributed by atoms with Crippen LogP contribution in [0.15, 0.2) is 24.3 Å². The van der Waals surface area contributed by atoms with Gasteiger partial charge in [-0.3, -0.25) is 14.4 Å². The van der Waals surface area contributed by atoms with Crippen molar-refractivity contribution in [2.45, 2.75) is 379 Å². The van der Waals surface area contributed by atoms with E-state index in [-0.39, 0.29) is 25.9 Å². The highest BCUT2D eigenvalue weighted by molar-refractivity contribution is 5.74. The lowest BCUT2D eigenvalue weighted by Gasteiger charge is -2.40. The van der Waals surface area contributed by atoms with Crippen molar-refractivity contribution >= 4 is 23.9 Å². The fraction of sp³-hybridized carbons (Fsp3) is 0.884. The minimum absolute atomic E-state index is 0.0665. The number of rotatable bonds is 60. The van der Waals surface area contributed by atoms with Gasteiger partial charge in [0.2, 0.25) is 0 Å². The molecule has 0 aliphatic carbocycles. The summed E-state index contributed by atoms with van der Waals surface area (Å²) in [4.78, 5) is 51.4. The average molecular weight is 1150 g/mol. The molecule has 1 rings (SSSR count). The summed E-state index contributed by atoms with van der Waals surface area (Å²) in [5.74, 6) is -3.09. The fourth-order valence-corrected chi connectivity index (χ4v) is 10.8. The van der Waals surface area contributed by atoms with Gasteiger partial charge >= 0.3 is 23.9 Å². The predicted molar refractivity (Wildman–Crippen MR) is 331 cm³/mol. The first-order valence-corrected chi connectivity index (χ1v) is 34.3. The van der Waals surface area contributed by atoms with Gasteiger partial charge in [0.1, 0.15) is 18.8 Å². The van der Waals surface area contributed by atoms with Gasteiger partial charge in [-0.25, -0.2) is 4.79 Å². The van der Waals surface area contributed by atoms with Crippen LogP contribution in [0.1, 0.15) is 342 Å². The summed E-state index contributed by atoms with van der Waals surface area (Å²) in [5, 5.41) is 31.6. The summed E-state index contributed by atoms with van der Waals surface area (Å²) >= 11 is 0. The van der Waals surface area contributed by atoms with E-state index in [1.54, 1.807) is 0 Å². The number of carboxylic acids is 1. The zero-order valence-corrected chi connectivity index (χ0v) is 52.6. The highest BCUT2D eigenvalue weighted by Crippen LogP contribution is 2.27. The summed E-state index contributed by atoms with van der Waals surface area (Å²) in [5.41, 5.74) is 0. The first-order valence-electron chi connectivity index (χ1n) is 34.3. The number of carbonyl (C=O) groups excluding carboxylic acids is 3. The Morgan fingerprint density at radius 3 is 1.16 bits per heavy atom. The third-order valence-corrected chi connectivity index (χ3v) is 16.0. The number of allylic oxidation sites excluding steroid dienone is 4. The number of aliphatic hydroxyl groups excluding tert-OH is 2. The number of hydrogen-bond acceptors (Lipinski definition) is 11. The largest absolute Gasteiger partial charge is 0.479 e. The second-order valence-corrected chi connectivity index (χ2v) is 23.8. The van der Waals surface area contributed by atoms with Crippen LogP contribution >= 0.6 is 0 Å². The highest BCUT2D eigenvalue weighted by Gasteiger charge is 2.50. The molecular weight excluding hydrogens is 1020 g/mol. The van der Waals surface area contributed by atoms with Gasteiger partial charge < -0.3 is 39.0 Å². The molecule has 1 aliphatic heterocycles. The number of unbranched alkanes of at least 4 members (excludes halogenated alkanes) is 42. The van der Waals surface area contributed by atoms with E-state index < -0.39 is 67.3 Å². The molecule has 1 fully saturated rings. The maximum Gasteiger partial charge on any atom is 0.335 e. The lowest BCUT2D eigenvalue weighted by Crippen LogP contribution is -2.61. The Morgan fingerprint density at radius 2 is 0.765 bits per heavy atom. The molecule has 0 amide bonds. The molecule has 6 unspecified atom stereocenters. The zero-order chi connectivity index (χ0) is 58.9. The van der Waals surface area contributed by atoms with Crippen molar-refractivity contribution in [3.05, 3.63) is 24.3 Å². The summed E-state index contributed by atoms with van der Waals surface area (Å²) in [7, 11) is 0. The van der Waals surface area contributed by atoms with Gasteiger partial charge in [0.15, 0.2) is 24.6 Å². The van der Waals surface area contributed by atoms with Crippen LogP contribution in [0, 0.1) is 0 Å². The quantitative estimate of drug-likeness (QED) is 0.0228. The Bertz CT molecular complexity index is 1500. The second-order valence-electron chi connectivity index (χ2n) is 23.8. The standard InChI is InChI=1S/C69H126O12/c1-4-7-10-13-16-19-22-25-27-29-31-33-35-38-40-43-46-49-52-55-61(70)77-58-60(79-62(71)56-53-50-47-44-41-37-24-21-18-15-12-9-6-3)59-78-69-67(65(74)64(73)66(81-69)68(75)76)80-63(72)57-54-51-48-45-42-39-36-34-32-30-28-26-23-20-17-14-11-8-5-2/h12,15,21,24,60,64-67,69,73-74H,4-11,13-14,16-20,22-23,25-59H2,1-3H3,(H,75,76)/b15-12-,24-21-. The molecule has 0 aromatic carbocycles. The normalized spacial score (nSPS) is 17.8. The molecule has 1 aliphatic rings. The molecule has 0 bridgehead atoms. The fourth-order valence-electron chi connectivity index (χ4n) is 10.8. The molecule has 81 heavy (non-hydrogen) atoms. The number of hydrogen-bond donors (Lipinski definition) is 3. The monoisotopic (exact) mass is 1150 g/mol. The third kappa shape index (κ3) is 47.2. The minimum Gasteiger partial charge on any atom is -0.479 e. The van der Waals surface area contributed by atoms with Crippen LogP contribution < -0.4 is 0 Å². The number of aliphatic carboxylic acids is 1. The molecule has 12 heteroatoms. The Hall–Kier alpha value is -2.80. The zero-order valence-electron chi connectivity index (χ0n) is 52.6. The molecule has 3 N–H and O–H groups in total. The van der Waals surface area contributed by atoms with Crippen molar-refractivity contribution < 1.29 is 58.2 Å². The SMILES string of the molecule is CCC/C=C\C/C=C\CCCCCCCC(=O)OC(COC(=O)CCCCCCCCCCCCCCCCCCCCC)COC1OC(C(=O)O)C(O)C(O)C1OC(=O)CCCCCCCCCCCCCCCCCCCCC. The van der Waals surface area contributed by atoms with Crippen LogP contribution in [0.3, 0.4) is 0 Å². The smallest absolute Gasteiger partial charge is 0.335 e. The van der Waals surface area contributed by atoms with Crippen LogP contribution in [-0.2, 0) is 42.9 Å². The van der Waals surface area contributed by atoms with Gasteiger partial charge in [-0.2, -0.15) is 0 Å². The molecule has 474 valence electrons. The second kappa shape index (κ2) is 57.6. The van der Waals surface area contributed by atoms with Crippen molar-refractivity contribution in [2.75, 3.05) is 13.2 Å². The molecule has 0 spiro atoms. The Morgan fingerprint density at radius 1 is 0.407 bits per heavy atom. The third-order valence-electron chi connectivity index (χ3n) is 16.0. The highest BCUT2D eigenvalue weighted by atomic mass is 16.7. The van der Waals surface area contributed by atoms with Gasteiger partial charge in [-0.05, 0) is 44.9 Å².